The van der Waals surface area contributed by atoms with Crippen LogP contribution in [-0.2, 0) is 0 Å². The summed E-state index contributed by atoms with van der Waals surface area (Å²) >= 11 is 0. The molecule has 3 heterocycles. The lowest BCUT2D eigenvalue weighted by molar-refractivity contribution is 0.163. The van der Waals surface area contributed by atoms with Gasteiger partial charge in [-0.2, -0.15) is 0 Å². The van der Waals surface area contributed by atoms with E-state index in [1.54, 1.807) is 6.20 Å². The summed E-state index contributed by atoms with van der Waals surface area (Å²) < 4.78 is 0. The van der Waals surface area contributed by atoms with Crippen LogP contribution >= 0.6 is 0 Å². The van der Waals surface area contributed by atoms with Crippen molar-refractivity contribution in [3.63, 3.8) is 0 Å². The van der Waals surface area contributed by atoms with Gasteiger partial charge in [0.15, 0.2) is 0 Å². The van der Waals surface area contributed by atoms with Gasteiger partial charge in [-0.3, -0.25) is 0 Å². The van der Waals surface area contributed by atoms with Gasteiger partial charge in [0.05, 0.1) is 6.61 Å². The zero-order chi connectivity index (χ0) is 15.2. The Balaban J connectivity index is 1.64. The van der Waals surface area contributed by atoms with E-state index in [1.807, 2.05) is 30.3 Å². The molecule has 0 unspecified atom stereocenters. The molecule has 0 bridgehead atoms. The Morgan fingerprint density at radius 1 is 1.09 bits per heavy atom. The van der Waals surface area contributed by atoms with Crippen LogP contribution in [0.25, 0.3) is 0 Å². The first-order valence-electron chi connectivity index (χ1n) is 7.83. The van der Waals surface area contributed by atoms with E-state index in [2.05, 4.69) is 21.3 Å². The Morgan fingerprint density at radius 2 is 1.91 bits per heavy atom. The average Bonchev–Trinajstić information content (AvgIpc) is 2.57. The van der Waals surface area contributed by atoms with Gasteiger partial charge in [-0.1, -0.05) is 12.1 Å². The summed E-state index contributed by atoms with van der Waals surface area (Å²) in [5.74, 6) is 2.15. The van der Waals surface area contributed by atoms with Crippen molar-refractivity contribution in [3.8, 4) is 0 Å². The van der Waals surface area contributed by atoms with E-state index in [-0.39, 0.29) is 6.61 Å². The van der Waals surface area contributed by atoms with Gasteiger partial charge < -0.3 is 15.3 Å². The van der Waals surface area contributed by atoms with Crippen LogP contribution in [0.3, 0.4) is 0 Å². The van der Waals surface area contributed by atoms with Crippen LogP contribution in [0.2, 0.25) is 0 Å². The van der Waals surface area contributed by atoms with Crippen LogP contribution in [0.5, 0.6) is 0 Å². The molecular weight excluding hydrogens is 276 g/mol. The third-order valence-electron chi connectivity index (χ3n) is 4.11. The number of β-amino-alcohol motifs (C(OH)–C–C–N with tert-alkyl or cyclic N) is 1. The molecule has 2 N–H and O–H groups in total. The number of anilines is 2. The standard InChI is InChI=1S/C17H22N4O/c22-13-12-21-10-7-14(8-11-21)15-4-3-6-17(19-15)20-16-5-1-2-9-18-16/h1-6,9,14,22H,7-8,10-13H2,(H,18,19,20). The number of nitrogens with zero attached hydrogens (tertiary/aromatic N) is 3. The largest absolute Gasteiger partial charge is 0.395 e. The third kappa shape index (κ3) is 3.81. The van der Waals surface area contributed by atoms with E-state index >= 15 is 0 Å². The number of hydrogen-bond donors (Lipinski definition) is 2. The van der Waals surface area contributed by atoms with Crippen molar-refractivity contribution >= 4 is 11.6 Å². The monoisotopic (exact) mass is 298 g/mol. The van der Waals surface area contributed by atoms with E-state index in [0.717, 1.165) is 49.8 Å². The van der Waals surface area contributed by atoms with Gasteiger partial charge in [0, 0.05) is 24.4 Å². The lowest BCUT2D eigenvalue weighted by Gasteiger charge is -2.31. The van der Waals surface area contributed by atoms with Crippen LogP contribution in [0.1, 0.15) is 24.5 Å². The predicted molar refractivity (Wildman–Crippen MR) is 87.3 cm³/mol. The van der Waals surface area contributed by atoms with Crippen molar-refractivity contribution < 1.29 is 5.11 Å². The zero-order valence-corrected chi connectivity index (χ0v) is 12.7. The molecular formula is C17H22N4O. The predicted octanol–water partition coefficient (Wildman–Crippen LogP) is 2.39. The Morgan fingerprint density at radius 3 is 2.64 bits per heavy atom. The molecule has 1 fully saturated rings. The Kier molecular flexibility index (Phi) is 4.98. The van der Waals surface area contributed by atoms with Crippen molar-refractivity contribution in [3.05, 3.63) is 48.3 Å². The highest BCUT2D eigenvalue weighted by molar-refractivity contribution is 5.51. The van der Waals surface area contributed by atoms with Crippen molar-refractivity contribution in [1.82, 2.24) is 14.9 Å². The van der Waals surface area contributed by atoms with Gasteiger partial charge in [0.25, 0.3) is 0 Å². The van der Waals surface area contributed by atoms with Crippen LogP contribution < -0.4 is 5.32 Å². The van der Waals surface area contributed by atoms with Crippen LogP contribution in [0.15, 0.2) is 42.6 Å². The first-order valence-corrected chi connectivity index (χ1v) is 7.83. The molecule has 5 heteroatoms. The molecule has 0 amide bonds. The van der Waals surface area contributed by atoms with Crippen molar-refractivity contribution in [2.24, 2.45) is 0 Å². The number of likely N-dealkylation sites (tertiary alicyclic amines) is 1. The van der Waals surface area contributed by atoms with Crippen LogP contribution in [-0.4, -0.2) is 46.2 Å². The Bertz CT molecular complexity index is 582. The molecule has 0 atom stereocenters. The lowest BCUT2D eigenvalue weighted by atomic mass is 9.93. The van der Waals surface area contributed by atoms with Gasteiger partial charge in [0.2, 0.25) is 0 Å². The van der Waals surface area contributed by atoms with Gasteiger partial charge in [0.1, 0.15) is 11.6 Å². The van der Waals surface area contributed by atoms with E-state index in [1.165, 1.54) is 0 Å². The maximum absolute atomic E-state index is 9.01. The summed E-state index contributed by atoms with van der Waals surface area (Å²) in [4.78, 5) is 11.3. The summed E-state index contributed by atoms with van der Waals surface area (Å²) in [5.41, 5.74) is 1.14. The minimum Gasteiger partial charge on any atom is -0.395 e. The third-order valence-corrected chi connectivity index (χ3v) is 4.11. The van der Waals surface area contributed by atoms with Crippen molar-refractivity contribution in [2.75, 3.05) is 31.6 Å². The molecule has 22 heavy (non-hydrogen) atoms. The Hall–Kier alpha value is -1.98. The summed E-state index contributed by atoms with van der Waals surface area (Å²) in [6.07, 6.45) is 3.96. The molecule has 2 aromatic heterocycles. The smallest absolute Gasteiger partial charge is 0.131 e. The van der Waals surface area contributed by atoms with Crippen LogP contribution in [0.4, 0.5) is 11.6 Å². The number of aliphatic hydroxyl groups is 1. The van der Waals surface area contributed by atoms with Gasteiger partial charge in [-0.15, -0.1) is 0 Å². The molecule has 116 valence electrons. The van der Waals surface area contributed by atoms with E-state index in [0.29, 0.717) is 5.92 Å². The summed E-state index contributed by atoms with van der Waals surface area (Å²) in [7, 11) is 0. The molecule has 0 spiro atoms. The minimum atomic E-state index is 0.242. The fraction of sp³-hybridized carbons (Fsp3) is 0.412. The highest BCUT2D eigenvalue weighted by Gasteiger charge is 2.21. The molecule has 3 rings (SSSR count). The van der Waals surface area contributed by atoms with E-state index in [4.69, 9.17) is 10.1 Å². The highest BCUT2D eigenvalue weighted by atomic mass is 16.3. The molecule has 0 aliphatic carbocycles. The normalized spacial score (nSPS) is 16.6. The molecule has 1 aliphatic heterocycles. The highest BCUT2D eigenvalue weighted by Crippen LogP contribution is 2.27. The summed E-state index contributed by atoms with van der Waals surface area (Å²) in [6, 6.07) is 11.9. The topological polar surface area (TPSA) is 61.3 Å². The first-order chi connectivity index (χ1) is 10.8. The maximum Gasteiger partial charge on any atom is 0.131 e. The number of piperidine rings is 1. The fourth-order valence-electron chi connectivity index (χ4n) is 2.91. The van der Waals surface area contributed by atoms with E-state index < -0.39 is 0 Å². The number of aliphatic hydroxyl groups excluding tert-OH is 1. The number of pyridine rings is 2. The molecule has 1 aliphatic rings. The molecule has 0 aromatic carbocycles. The first kappa shape index (κ1) is 14.9. The fourth-order valence-corrected chi connectivity index (χ4v) is 2.91. The van der Waals surface area contributed by atoms with Gasteiger partial charge >= 0.3 is 0 Å². The van der Waals surface area contributed by atoms with E-state index in [9.17, 15) is 0 Å². The molecule has 0 radical (unpaired) electrons. The zero-order valence-electron chi connectivity index (χ0n) is 12.7. The quantitative estimate of drug-likeness (QED) is 0.887. The molecule has 0 saturated carbocycles. The SMILES string of the molecule is OCCN1CCC(c2cccc(Nc3ccccn3)n2)CC1. The lowest BCUT2D eigenvalue weighted by Crippen LogP contribution is -2.35. The number of hydrogen-bond acceptors (Lipinski definition) is 5. The second-order valence-corrected chi connectivity index (χ2v) is 5.63. The summed E-state index contributed by atoms with van der Waals surface area (Å²) in [6.45, 7) is 3.09. The van der Waals surface area contributed by atoms with Crippen molar-refractivity contribution in [2.45, 2.75) is 18.8 Å². The number of aromatic nitrogens is 2. The number of nitrogens with one attached hydrogen (secondary N) is 1. The maximum atomic E-state index is 9.01. The molecule has 2 aromatic rings. The number of rotatable bonds is 5. The average molecular weight is 298 g/mol. The second-order valence-electron chi connectivity index (χ2n) is 5.63. The molecule has 5 nitrogen and oxygen atoms in total. The minimum absolute atomic E-state index is 0.242. The Labute approximate surface area is 131 Å². The summed E-state index contributed by atoms with van der Waals surface area (Å²) in [5, 5.41) is 12.3. The molecule has 1 saturated heterocycles. The van der Waals surface area contributed by atoms with Crippen LogP contribution in [0, 0.1) is 0 Å². The second kappa shape index (κ2) is 7.33. The van der Waals surface area contributed by atoms with Gasteiger partial charge in [-0.25, -0.2) is 9.97 Å². The van der Waals surface area contributed by atoms with Gasteiger partial charge in [-0.05, 0) is 50.2 Å². The van der Waals surface area contributed by atoms with Crippen molar-refractivity contribution in [1.29, 1.82) is 0 Å².